The number of hydrogen-bond acceptors (Lipinski definition) is 3. The van der Waals surface area contributed by atoms with Gasteiger partial charge in [0.2, 0.25) is 0 Å². The van der Waals surface area contributed by atoms with Crippen molar-refractivity contribution in [1.29, 1.82) is 0 Å². The summed E-state index contributed by atoms with van der Waals surface area (Å²) in [6.45, 7) is 2.05. The lowest BCUT2D eigenvalue weighted by molar-refractivity contribution is 0.853. The molecule has 1 rings (SSSR count). The van der Waals surface area contributed by atoms with Gasteiger partial charge in [-0.15, -0.1) is 5.10 Å². The molecule has 1 unspecified atom stereocenters. The zero-order valence-corrected chi connectivity index (χ0v) is 6.71. The lowest BCUT2D eigenvalue weighted by Crippen LogP contribution is -1.87. The van der Waals surface area contributed by atoms with Gasteiger partial charge in [0.25, 0.3) is 0 Å². The van der Waals surface area contributed by atoms with Crippen LogP contribution in [0.3, 0.4) is 0 Å². The topological polar surface area (TPSA) is 25.8 Å². The molecule has 2 nitrogen and oxygen atoms in total. The molecular formula is C5H7N2S2. The summed E-state index contributed by atoms with van der Waals surface area (Å²) in [6.07, 6.45) is 0.959. The summed E-state index contributed by atoms with van der Waals surface area (Å²) in [5, 5.41) is 5.91. The summed E-state index contributed by atoms with van der Waals surface area (Å²) in [7, 11) is 0. The normalized spacial score (nSPS) is 13.6. The van der Waals surface area contributed by atoms with E-state index in [4.69, 9.17) is 12.6 Å². The quantitative estimate of drug-likeness (QED) is 0.661. The van der Waals surface area contributed by atoms with E-state index in [1.165, 1.54) is 11.5 Å². The van der Waals surface area contributed by atoms with E-state index < -0.39 is 0 Å². The van der Waals surface area contributed by atoms with Crippen LogP contribution in [0.25, 0.3) is 0 Å². The Morgan fingerprint density at radius 2 is 2.67 bits per heavy atom. The van der Waals surface area contributed by atoms with Gasteiger partial charge < -0.3 is 0 Å². The van der Waals surface area contributed by atoms with Gasteiger partial charge in [0.05, 0.1) is 10.9 Å². The van der Waals surface area contributed by atoms with Crippen LogP contribution in [0, 0.1) is 0 Å². The predicted molar refractivity (Wildman–Crippen MR) is 40.5 cm³/mol. The van der Waals surface area contributed by atoms with Crippen molar-refractivity contribution in [3.05, 3.63) is 11.1 Å². The molecule has 0 saturated heterocycles. The molecule has 9 heavy (non-hydrogen) atoms. The van der Waals surface area contributed by atoms with Gasteiger partial charge in [-0.25, -0.2) is 0 Å². The lowest BCUT2D eigenvalue weighted by Gasteiger charge is -1.97. The second kappa shape index (κ2) is 3.17. The lowest BCUT2D eigenvalue weighted by atomic mass is 10.3. The Bertz CT molecular complexity index is 161. The fraction of sp³-hybridized carbons (Fsp3) is 0.600. The van der Waals surface area contributed by atoms with Crippen LogP contribution in [0.4, 0.5) is 0 Å². The molecule has 0 bridgehead atoms. The number of aromatic nitrogens is 2. The van der Waals surface area contributed by atoms with Crippen LogP contribution < -0.4 is 0 Å². The Balaban J connectivity index is 2.65. The van der Waals surface area contributed by atoms with Crippen LogP contribution in [0.5, 0.6) is 0 Å². The highest BCUT2D eigenvalue weighted by Crippen LogP contribution is 2.20. The molecule has 1 heterocycles. The molecule has 0 aliphatic heterocycles. The molecule has 0 N–H and O–H groups in total. The van der Waals surface area contributed by atoms with Gasteiger partial charge in [-0.05, 0) is 18.0 Å². The van der Waals surface area contributed by atoms with Gasteiger partial charge in [-0.3, -0.25) is 0 Å². The van der Waals surface area contributed by atoms with E-state index in [1.54, 1.807) is 0 Å². The summed E-state index contributed by atoms with van der Waals surface area (Å²) < 4.78 is 3.72. The summed E-state index contributed by atoms with van der Waals surface area (Å²) >= 11 is 6.42. The van der Waals surface area contributed by atoms with Crippen molar-refractivity contribution in [2.24, 2.45) is 0 Å². The maximum atomic E-state index is 5.06. The molecule has 1 radical (unpaired) electrons. The van der Waals surface area contributed by atoms with Crippen molar-refractivity contribution in [3.63, 3.8) is 0 Å². The highest BCUT2D eigenvalue weighted by atomic mass is 32.1. The van der Waals surface area contributed by atoms with E-state index in [0.29, 0.717) is 0 Å². The van der Waals surface area contributed by atoms with E-state index in [-0.39, 0.29) is 5.25 Å². The van der Waals surface area contributed by atoms with Crippen molar-refractivity contribution in [3.8, 4) is 0 Å². The van der Waals surface area contributed by atoms with Crippen LogP contribution in [0.2, 0.25) is 0 Å². The third-order valence-corrected chi connectivity index (χ3v) is 2.18. The molecule has 0 aliphatic rings. The number of rotatable bonds is 2. The van der Waals surface area contributed by atoms with Gasteiger partial charge in [-0.2, -0.15) is 0 Å². The average Bonchev–Trinajstić information content (AvgIpc) is 2.37. The van der Waals surface area contributed by atoms with Gasteiger partial charge >= 0.3 is 0 Å². The monoisotopic (exact) mass is 159 g/mol. The van der Waals surface area contributed by atoms with Crippen molar-refractivity contribution < 1.29 is 0 Å². The maximum absolute atomic E-state index is 5.06. The Kier molecular flexibility index (Phi) is 2.48. The third kappa shape index (κ3) is 1.66. The fourth-order valence-electron chi connectivity index (χ4n) is 0.521. The minimum Gasteiger partial charge on any atom is -0.142 e. The molecule has 1 aromatic heterocycles. The summed E-state index contributed by atoms with van der Waals surface area (Å²) in [6, 6.07) is 0. The second-order valence-corrected chi connectivity index (χ2v) is 2.91. The minimum absolute atomic E-state index is 0.156. The smallest absolute Gasteiger partial charge is 0.0893 e. The van der Waals surface area contributed by atoms with Gasteiger partial charge in [-0.1, -0.05) is 24.0 Å². The van der Waals surface area contributed by atoms with Crippen LogP contribution in [0.15, 0.2) is 5.38 Å². The first-order valence-electron chi connectivity index (χ1n) is 2.77. The van der Waals surface area contributed by atoms with Crippen LogP contribution in [-0.2, 0) is 0 Å². The van der Waals surface area contributed by atoms with E-state index in [2.05, 4.69) is 16.5 Å². The van der Waals surface area contributed by atoms with Gasteiger partial charge in [0.1, 0.15) is 0 Å². The SMILES string of the molecule is CCC([S])c1csnn1. The second-order valence-electron chi connectivity index (χ2n) is 1.73. The number of nitrogens with zero attached hydrogens (tertiary/aromatic N) is 2. The fourth-order valence-corrected chi connectivity index (χ4v) is 1.23. The molecule has 0 spiro atoms. The molecule has 0 saturated carbocycles. The average molecular weight is 159 g/mol. The van der Waals surface area contributed by atoms with E-state index in [1.807, 2.05) is 5.38 Å². The molecule has 1 aromatic rings. The first-order valence-corrected chi connectivity index (χ1v) is 4.08. The summed E-state index contributed by atoms with van der Waals surface area (Å²) in [5.74, 6) is 0. The van der Waals surface area contributed by atoms with Crippen LogP contribution in [0.1, 0.15) is 24.3 Å². The van der Waals surface area contributed by atoms with Crippen molar-refractivity contribution in [1.82, 2.24) is 9.59 Å². The Morgan fingerprint density at radius 3 is 3.11 bits per heavy atom. The van der Waals surface area contributed by atoms with Gasteiger partial charge in [0.15, 0.2) is 0 Å². The molecule has 0 fully saturated rings. The van der Waals surface area contributed by atoms with E-state index >= 15 is 0 Å². The molecule has 49 valence electrons. The zero-order valence-electron chi connectivity index (χ0n) is 5.07. The summed E-state index contributed by atoms with van der Waals surface area (Å²) in [5.41, 5.74) is 0.942. The van der Waals surface area contributed by atoms with Crippen LogP contribution >= 0.6 is 24.2 Å². The van der Waals surface area contributed by atoms with E-state index in [0.717, 1.165) is 12.1 Å². The van der Waals surface area contributed by atoms with Crippen molar-refractivity contribution in [2.45, 2.75) is 18.6 Å². The Hall–Kier alpha value is -0.0900. The molecule has 4 heteroatoms. The molecule has 1 atom stereocenters. The standard InChI is InChI=1S/C5H7N2S2/c1-2-5(8)4-3-9-7-6-4/h3,5H,2H2,1H3. The molecule has 0 amide bonds. The van der Waals surface area contributed by atoms with E-state index in [9.17, 15) is 0 Å². The Labute approximate surface area is 63.9 Å². The number of hydrogen-bond donors (Lipinski definition) is 0. The maximum Gasteiger partial charge on any atom is 0.0893 e. The molecule has 0 aliphatic carbocycles. The minimum atomic E-state index is 0.156. The highest BCUT2D eigenvalue weighted by Gasteiger charge is 2.05. The van der Waals surface area contributed by atoms with Gasteiger partial charge in [0, 0.05) is 5.38 Å². The zero-order chi connectivity index (χ0) is 6.69. The van der Waals surface area contributed by atoms with Crippen LogP contribution in [-0.4, -0.2) is 9.59 Å². The molecular weight excluding hydrogens is 152 g/mol. The molecule has 0 aromatic carbocycles. The summed E-state index contributed by atoms with van der Waals surface area (Å²) in [4.78, 5) is 0. The Morgan fingerprint density at radius 1 is 1.89 bits per heavy atom. The predicted octanol–water partition coefficient (Wildman–Crippen LogP) is 2.19. The highest BCUT2D eigenvalue weighted by molar-refractivity contribution is 7.80. The first-order chi connectivity index (χ1) is 4.34. The first kappa shape index (κ1) is 7.02. The van der Waals surface area contributed by atoms with Crippen molar-refractivity contribution >= 4 is 24.2 Å². The van der Waals surface area contributed by atoms with Crippen molar-refractivity contribution in [2.75, 3.05) is 0 Å². The largest absolute Gasteiger partial charge is 0.142 e. The third-order valence-electron chi connectivity index (χ3n) is 1.08.